The van der Waals surface area contributed by atoms with E-state index in [1.54, 1.807) is 25.1 Å². The first kappa shape index (κ1) is 15.5. The Balaban J connectivity index is 2.50. The van der Waals surface area contributed by atoms with Gasteiger partial charge in [0.25, 0.3) is 0 Å². The number of aromatic nitrogens is 2. The van der Waals surface area contributed by atoms with Crippen molar-refractivity contribution in [1.29, 1.82) is 0 Å². The molecule has 1 aromatic heterocycles. The standard InChI is InChI=1S/C13H12Cl2N4O2/c1-2-10(20)18-13-12(19-11(21)6-14)16-8-4-3-7(15)5-9(8)17-13/h3-5H,2,6H2,1H3,(H,16,19,21)(H,17,18,20). The molecule has 8 heteroatoms. The van der Waals surface area contributed by atoms with Crippen LogP contribution in [0.25, 0.3) is 11.0 Å². The third-order valence-electron chi connectivity index (χ3n) is 2.58. The topological polar surface area (TPSA) is 84.0 Å². The molecular weight excluding hydrogens is 315 g/mol. The quantitative estimate of drug-likeness (QED) is 0.846. The van der Waals surface area contributed by atoms with Gasteiger partial charge in [-0.3, -0.25) is 9.59 Å². The molecule has 0 atom stereocenters. The van der Waals surface area contributed by atoms with E-state index in [2.05, 4.69) is 20.6 Å². The number of alkyl halides is 1. The molecule has 0 spiro atoms. The van der Waals surface area contributed by atoms with Crippen LogP contribution in [-0.4, -0.2) is 27.7 Å². The molecule has 0 bridgehead atoms. The molecule has 0 saturated carbocycles. The fourth-order valence-electron chi connectivity index (χ4n) is 1.59. The Bertz CT molecular complexity index is 706. The number of nitrogens with zero attached hydrogens (tertiary/aromatic N) is 2. The third-order valence-corrected chi connectivity index (χ3v) is 3.06. The second-order valence-electron chi connectivity index (χ2n) is 4.14. The van der Waals surface area contributed by atoms with E-state index in [4.69, 9.17) is 23.2 Å². The number of carbonyl (C=O) groups excluding carboxylic acids is 2. The van der Waals surface area contributed by atoms with Crippen LogP contribution in [0.5, 0.6) is 0 Å². The molecule has 2 amide bonds. The third kappa shape index (κ3) is 3.80. The first-order valence-electron chi connectivity index (χ1n) is 6.16. The molecule has 2 rings (SSSR count). The van der Waals surface area contributed by atoms with Crippen molar-refractivity contribution in [2.75, 3.05) is 16.5 Å². The number of fused-ring (bicyclic) bond motifs is 1. The molecule has 2 N–H and O–H groups in total. The summed E-state index contributed by atoms with van der Waals surface area (Å²) in [4.78, 5) is 31.5. The Morgan fingerprint density at radius 3 is 2.33 bits per heavy atom. The van der Waals surface area contributed by atoms with Crippen LogP contribution in [0.4, 0.5) is 11.6 Å². The summed E-state index contributed by atoms with van der Waals surface area (Å²) in [5.74, 6) is -0.590. The van der Waals surface area contributed by atoms with Gasteiger partial charge in [-0.1, -0.05) is 18.5 Å². The summed E-state index contributed by atoms with van der Waals surface area (Å²) < 4.78 is 0. The second-order valence-corrected chi connectivity index (χ2v) is 4.84. The van der Waals surface area contributed by atoms with Gasteiger partial charge < -0.3 is 10.6 Å². The number of amides is 2. The number of anilines is 2. The molecule has 1 aromatic carbocycles. The molecule has 0 aliphatic carbocycles. The Morgan fingerprint density at radius 2 is 1.71 bits per heavy atom. The molecule has 0 aliphatic heterocycles. The Kier molecular flexibility index (Phi) is 4.93. The van der Waals surface area contributed by atoms with Gasteiger partial charge in [-0.2, -0.15) is 0 Å². The van der Waals surface area contributed by atoms with Crippen molar-refractivity contribution in [1.82, 2.24) is 9.97 Å². The van der Waals surface area contributed by atoms with Crippen LogP contribution in [0.15, 0.2) is 18.2 Å². The molecule has 1 heterocycles. The van der Waals surface area contributed by atoms with Crippen molar-refractivity contribution in [2.45, 2.75) is 13.3 Å². The summed E-state index contributed by atoms with van der Waals surface area (Å²) in [7, 11) is 0. The lowest BCUT2D eigenvalue weighted by atomic mass is 10.3. The van der Waals surface area contributed by atoms with Crippen LogP contribution in [0, 0.1) is 0 Å². The summed E-state index contributed by atoms with van der Waals surface area (Å²) in [6.07, 6.45) is 0.276. The van der Waals surface area contributed by atoms with Crippen molar-refractivity contribution < 1.29 is 9.59 Å². The van der Waals surface area contributed by atoms with Crippen LogP contribution in [0.3, 0.4) is 0 Å². The van der Waals surface area contributed by atoms with Gasteiger partial charge >= 0.3 is 0 Å². The van der Waals surface area contributed by atoms with Crippen molar-refractivity contribution in [3.8, 4) is 0 Å². The van der Waals surface area contributed by atoms with E-state index < -0.39 is 5.91 Å². The number of halogens is 2. The molecular formula is C13H12Cl2N4O2. The van der Waals surface area contributed by atoms with Crippen molar-refractivity contribution in [3.63, 3.8) is 0 Å². The van der Waals surface area contributed by atoms with E-state index in [-0.39, 0.29) is 29.8 Å². The highest BCUT2D eigenvalue weighted by Gasteiger charge is 2.13. The highest BCUT2D eigenvalue weighted by atomic mass is 35.5. The zero-order valence-corrected chi connectivity index (χ0v) is 12.6. The van der Waals surface area contributed by atoms with E-state index in [9.17, 15) is 9.59 Å². The molecule has 110 valence electrons. The zero-order chi connectivity index (χ0) is 15.4. The van der Waals surface area contributed by atoms with Crippen LogP contribution in [-0.2, 0) is 9.59 Å². The Hall–Kier alpha value is -1.92. The van der Waals surface area contributed by atoms with Crippen LogP contribution >= 0.6 is 23.2 Å². The van der Waals surface area contributed by atoms with Crippen LogP contribution in [0.1, 0.15) is 13.3 Å². The van der Waals surface area contributed by atoms with Crippen molar-refractivity contribution in [3.05, 3.63) is 23.2 Å². The number of hydrogen-bond acceptors (Lipinski definition) is 4. The normalized spacial score (nSPS) is 10.4. The molecule has 0 unspecified atom stereocenters. The molecule has 0 radical (unpaired) electrons. The van der Waals surface area contributed by atoms with Gasteiger partial charge in [-0.05, 0) is 18.2 Å². The summed E-state index contributed by atoms with van der Waals surface area (Å²) in [6.45, 7) is 1.71. The minimum atomic E-state index is -0.439. The smallest absolute Gasteiger partial charge is 0.240 e. The van der Waals surface area contributed by atoms with Gasteiger partial charge in [0.2, 0.25) is 11.8 Å². The largest absolute Gasteiger partial charge is 0.308 e. The number of carbonyl (C=O) groups is 2. The predicted molar refractivity (Wildman–Crippen MR) is 82.8 cm³/mol. The van der Waals surface area contributed by atoms with Crippen molar-refractivity contribution in [2.24, 2.45) is 0 Å². The summed E-state index contributed by atoms with van der Waals surface area (Å²) >= 11 is 11.4. The average molecular weight is 327 g/mol. The maximum absolute atomic E-state index is 11.5. The number of hydrogen-bond donors (Lipinski definition) is 2. The monoisotopic (exact) mass is 326 g/mol. The molecule has 6 nitrogen and oxygen atoms in total. The molecule has 21 heavy (non-hydrogen) atoms. The second kappa shape index (κ2) is 6.69. The fraction of sp³-hybridized carbons (Fsp3) is 0.231. The van der Waals surface area contributed by atoms with Gasteiger partial charge in [0.05, 0.1) is 11.0 Å². The van der Waals surface area contributed by atoms with Gasteiger partial charge in [-0.25, -0.2) is 9.97 Å². The highest BCUT2D eigenvalue weighted by Crippen LogP contribution is 2.23. The summed E-state index contributed by atoms with van der Waals surface area (Å²) in [5.41, 5.74) is 1.05. The zero-order valence-electron chi connectivity index (χ0n) is 11.1. The number of benzene rings is 1. The van der Waals surface area contributed by atoms with Crippen LogP contribution in [0.2, 0.25) is 5.02 Å². The molecule has 0 aliphatic rings. The van der Waals surface area contributed by atoms with E-state index in [1.807, 2.05) is 0 Å². The molecule has 0 fully saturated rings. The van der Waals surface area contributed by atoms with Gasteiger partial charge in [-0.15, -0.1) is 11.6 Å². The Morgan fingerprint density at radius 1 is 1.10 bits per heavy atom. The van der Waals surface area contributed by atoms with Gasteiger partial charge in [0, 0.05) is 11.4 Å². The molecule has 2 aromatic rings. The van der Waals surface area contributed by atoms with E-state index >= 15 is 0 Å². The maximum Gasteiger partial charge on any atom is 0.240 e. The number of rotatable bonds is 4. The predicted octanol–water partition coefficient (Wildman–Crippen LogP) is 2.81. The van der Waals surface area contributed by atoms with Crippen LogP contribution < -0.4 is 10.6 Å². The van der Waals surface area contributed by atoms with E-state index in [0.717, 1.165) is 0 Å². The highest BCUT2D eigenvalue weighted by molar-refractivity contribution is 6.31. The van der Waals surface area contributed by atoms with Crippen molar-refractivity contribution >= 4 is 57.7 Å². The lowest BCUT2D eigenvalue weighted by Gasteiger charge is -2.11. The summed E-state index contributed by atoms with van der Waals surface area (Å²) in [6, 6.07) is 4.96. The van der Waals surface area contributed by atoms with Gasteiger partial charge in [0.1, 0.15) is 5.88 Å². The number of nitrogens with one attached hydrogen (secondary N) is 2. The SMILES string of the molecule is CCC(=O)Nc1nc2cc(Cl)ccc2nc1NC(=O)CCl. The average Bonchev–Trinajstić information content (AvgIpc) is 2.47. The minimum Gasteiger partial charge on any atom is -0.308 e. The molecule has 0 saturated heterocycles. The maximum atomic E-state index is 11.5. The van der Waals surface area contributed by atoms with Gasteiger partial charge in [0.15, 0.2) is 11.6 Å². The first-order chi connectivity index (χ1) is 10.0. The lowest BCUT2D eigenvalue weighted by molar-refractivity contribution is -0.116. The lowest BCUT2D eigenvalue weighted by Crippen LogP contribution is -2.18. The van der Waals surface area contributed by atoms with E-state index in [0.29, 0.717) is 16.1 Å². The minimum absolute atomic E-state index is 0.150. The summed E-state index contributed by atoms with van der Waals surface area (Å²) in [5, 5.41) is 5.59. The first-order valence-corrected chi connectivity index (χ1v) is 7.07. The fourth-order valence-corrected chi connectivity index (χ4v) is 1.82. The Labute approximate surface area is 130 Å². The van der Waals surface area contributed by atoms with E-state index in [1.165, 1.54) is 0 Å².